The van der Waals surface area contributed by atoms with Gasteiger partial charge in [0, 0.05) is 11.6 Å². The molecule has 0 amide bonds. The SMILES string of the molecule is [CH2]c1cc2c(cc1[N+](=O)[O-])C(C)(C)CC2(C)C. The van der Waals surface area contributed by atoms with Gasteiger partial charge in [-0.3, -0.25) is 10.1 Å². The Balaban J connectivity index is 2.72. The van der Waals surface area contributed by atoms with Gasteiger partial charge >= 0.3 is 0 Å². The molecule has 91 valence electrons. The predicted molar refractivity (Wildman–Crippen MR) is 68.2 cm³/mol. The van der Waals surface area contributed by atoms with Crippen molar-refractivity contribution in [3.05, 3.63) is 45.9 Å². The smallest absolute Gasteiger partial charge is 0.258 e. The van der Waals surface area contributed by atoms with Crippen molar-refractivity contribution in [1.29, 1.82) is 0 Å². The molecule has 17 heavy (non-hydrogen) atoms. The largest absolute Gasteiger partial charge is 0.272 e. The molecule has 1 aliphatic rings. The number of nitrogens with zero attached hydrogens (tertiary/aromatic N) is 1. The van der Waals surface area contributed by atoms with E-state index >= 15 is 0 Å². The summed E-state index contributed by atoms with van der Waals surface area (Å²) in [5.41, 5.74) is 3.02. The summed E-state index contributed by atoms with van der Waals surface area (Å²) in [5.74, 6) is 0. The van der Waals surface area contributed by atoms with E-state index in [1.807, 2.05) is 6.07 Å². The van der Waals surface area contributed by atoms with Crippen LogP contribution in [0.15, 0.2) is 12.1 Å². The van der Waals surface area contributed by atoms with Crippen molar-refractivity contribution < 1.29 is 4.92 Å². The highest BCUT2D eigenvalue weighted by Crippen LogP contribution is 2.50. The second-order valence-electron chi connectivity index (χ2n) is 6.23. The third-order valence-corrected chi connectivity index (χ3v) is 3.76. The van der Waals surface area contributed by atoms with E-state index in [1.54, 1.807) is 6.07 Å². The minimum absolute atomic E-state index is 0.00269. The van der Waals surface area contributed by atoms with Crippen molar-refractivity contribution in [3.63, 3.8) is 0 Å². The molecule has 2 rings (SSSR count). The molecule has 3 heteroatoms. The maximum absolute atomic E-state index is 11.0. The number of rotatable bonds is 1. The Morgan fingerprint density at radius 1 is 1.18 bits per heavy atom. The van der Waals surface area contributed by atoms with Gasteiger partial charge in [0.2, 0.25) is 0 Å². The Labute approximate surface area is 102 Å². The summed E-state index contributed by atoms with van der Waals surface area (Å²) in [6, 6.07) is 3.61. The number of nitro groups is 1. The molecule has 0 fully saturated rings. The lowest BCUT2D eigenvalue weighted by atomic mass is 9.82. The summed E-state index contributed by atoms with van der Waals surface area (Å²) < 4.78 is 0. The fourth-order valence-corrected chi connectivity index (χ4v) is 3.22. The van der Waals surface area contributed by atoms with Crippen molar-refractivity contribution in [3.8, 4) is 0 Å². The zero-order valence-corrected chi connectivity index (χ0v) is 10.8. The number of benzene rings is 1. The lowest BCUT2D eigenvalue weighted by Crippen LogP contribution is -2.17. The van der Waals surface area contributed by atoms with E-state index in [0.29, 0.717) is 5.56 Å². The fraction of sp³-hybridized carbons (Fsp3) is 0.500. The van der Waals surface area contributed by atoms with E-state index < -0.39 is 0 Å². The van der Waals surface area contributed by atoms with Crippen LogP contribution in [0.25, 0.3) is 0 Å². The second-order valence-corrected chi connectivity index (χ2v) is 6.23. The molecule has 0 saturated heterocycles. The number of nitro benzene ring substituents is 1. The quantitative estimate of drug-likeness (QED) is 0.547. The first-order valence-corrected chi connectivity index (χ1v) is 5.80. The fourth-order valence-electron chi connectivity index (χ4n) is 3.22. The lowest BCUT2D eigenvalue weighted by molar-refractivity contribution is -0.385. The molecule has 0 aliphatic heterocycles. The van der Waals surface area contributed by atoms with Gasteiger partial charge in [0.1, 0.15) is 0 Å². The molecule has 3 nitrogen and oxygen atoms in total. The molecule has 1 radical (unpaired) electrons. The van der Waals surface area contributed by atoms with Gasteiger partial charge in [0.15, 0.2) is 0 Å². The van der Waals surface area contributed by atoms with E-state index in [2.05, 4.69) is 34.6 Å². The standard InChI is InChI=1S/C14H18NO2/c1-9-6-10-11(7-12(9)15(16)17)14(4,5)8-13(10,2)3/h6-7H,1,8H2,2-5H3. The number of hydrogen-bond acceptors (Lipinski definition) is 2. The molecule has 1 aromatic rings. The molecule has 1 aliphatic carbocycles. The average Bonchev–Trinajstić information content (AvgIpc) is 2.30. The van der Waals surface area contributed by atoms with Gasteiger partial charge in [0.25, 0.3) is 5.69 Å². The van der Waals surface area contributed by atoms with Crippen molar-refractivity contribution in [1.82, 2.24) is 0 Å². The Kier molecular flexibility index (Phi) is 2.35. The van der Waals surface area contributed by atoms with Gasteiger partial charge in [-0.05, 0) is 41.4 Å². The van der Waals surface area contributed by atoms with Crippen molar-refractivity contribution in [2.24, 2.45) is 0 Å². The molecule has 0 N–H and O–H groups in total. The van der Waals surface area contributed by atoms with Crippen molar-refractivity contribution in [2.75, 3.05) is 0 Å². The highest BCUT2D eigenvalue weighted by molar-refractivity contribution is 5.55. The van der Waals surface area contributed by atoms with Gasteiger partial charge in [-0.15, -0.1) is 0 Å². The van der Waals surface area contributed by atoms with Crippen molar-refractivity contribution in [2.45, 2.75) is 44.9 Å². The molecule has 0 unspecified atom stereocenters. The van der Waals surface area contributed by atoms with Crippen LogP contribution >= 0.6 is 0 Å². The molecule has 0 aromatic heterocycles. The van der Waals surface area contributed by atoms with E-state index in [-0.39, 0.29) is 21.4 Å². The Bertz CT molecular complexity index is 501. The molecule has 0 spiro atoms. The van der Waals surface area contributed by atoms with Crippen LogP contribution in [0.4, 0.5) is 5.69 Å². The first kappa shape index (κ1) is 12.1. The second kappa shape index (κ2) is 3.31. The highest BCUT2D eigenvalue weighted by Gasteiger charge is 2.43. The zero-order valence-electron chi connectivity index (χ0n) is 10.8. The molecule has 0 heterocycles. The van der Waals surface area contributed by atoms with Gasteiger partial charge in [0.05, 0.1) is 4.92 Å². The minimum Gasteiger partial charge on any atom is -0.258 e. The summed E-state index contributed by atoms with van der Waals surface area (Å²) in [5, 5.41) is 11.0. The molecule has 0 atom stereocenters. The monoisotopic (exact) mass is 232 g/mol. The van der Waals surface area contributed by atoms with E-state index in [4.69, 9.17) is 0 Å². The molecule has 0 bridgehead atoms. The van der Waals surface area contributed by atoms with Crippen LogP contribution in [-0.4, -0.2) is 4.92 Å². The van der Waals surface area contributed by atoms with E-state index in [1.165, 1.54) is 5.56 Å². The summed E-state index contributed by atoms with van der Waals surface area (Å²) in [6.07, 6.45) is 1.01. The van der Waals surface area contributed by atoms with Gasteiger partial charge < -0.3 is 0 Å². The third-order valence-electron chi connectivity index (χ3n) is 3.76. The third kappa shape index (κ3) is 1.74. The van der Waals surface area contributed by atoms with Crippen LogP contribution in [0.2, 0.25) is 0 Å². The summed E-state index contributed by atoms with van der Waals surface area (Å²) in [4.78, 5) is 10.6. The van der Waals surface area contributed by atoms with Crippen LogP contribution in [0.5, 0.6) is 0 Å². The van der Waals surface area contributed by atoms with E-state index in [0.717, 1.165) is 12.0 Å². The first-order chi connectivity index (χ1) is 7.65. The zero-order chi connectivity index (χ0) is 13.0. The number of fused-ring (bicyclic) bond motifs is 1. The van der Waals surface area contributed by atoms with Gasteiger partial charge in [-0.25, -0.2) is 0 Å². The summed E-state index contributed by atoms with van der Waals surface area (Å²) >= 11 is 0. The maximum Gasteiger partial charge on any atom is 0.272 e. The average molecular weight is 232 g/mol. The molecule has 0 saturated carbocycles. The topological polar surface area (TPSA) is 43.1 Å². The maximum atomic E-state index is 11.0. The summed E-state index contributed by atoms with van der Waals surface area (Å²) in [6.45, 7) is 12.5. The van der Waals surface area contributed by atoms with Crippen LogP contribution in [0, 0.1) is 17.0 Å². The predicted octanol–water partition coefficient (Wildman–Crippen LogP) is 3.74. The Hall–Kier alpha value is -1.38. The minimum atomic E-state index is -0.343. The van der Waals surface area contributed by atoms with Gasteiger partial charge in [-0.2, -0.15) is 0 Å². The van der Waals surface area contributed by atoms with Crippen LogP contribution in [-0.2, 0) is 10.8 Å². The van der Waals surface area contributed by atoms with Crippen molar-refractivity contribution >= 4 is 5.69 Å². The van der Waals surface area contributed by atoms with Crippen LogP contribution in [0.1, 0.15) is 50.8 Å². The van der Waals surface area contributed by atoms with Gasteiger partial charge in [-0.1, -0.05) is 27.7 Å². The van der Waals surface area contributed by atoms with Crippen LogP contribution in [0.3, 0.4) is 0 Å². The normalized spacial score (nSPS) is 20.1. The summed E-state index contributed by atoms with van der Waals surface area (Å²) in [7, 11) is 0. The molecular formula is C14H18NO2. The Morgan fingerprint density at radius 3 is 2.12 bits per heavy atom. The molecular weight excluding hydrogens is 214 g/mol. The highest BCUT2D eigenvalue weighted by atomic mass is 16.6. The molecule has 1 aromatic carbocycles. The van der Waals surface area contributed by atoms with Crippen LogP contribution < -0.4 is 0 Å². The number of hydrogen-bond donors (Lipinski definition) is 0. The van der Waals surface area contributed by atoms with E-state index in [9.17, 15) is 10.1 Å². The lowest BCUT2D eigenvalue weighted by Gasteiger charge is -2.22. The Morgan fingerprint density at radius 2 is 1.65 bits per heavy atom. The first-order valence-electron chi connectivity index (χ1n) is 5.80.